The van der Waals surface area contributed by atoms with Crippen LogP contribution < -0.4 is 0 Å². The Balaban J connectivity index is 3.56. The summed E-state index contributed by atoms with van der Waals surface area (Å²) in [5.74, 6) is 0. The molecular formula is C8H3F3N2O2S. The second-order valence-electron chi connectivity index (χ2n) is 2.72. The van der Waals surface area contributed by atoms with E-state index >= 15 is 0 Å². The molecule has 1 rings (SSSR count). The number of halogens is 3. The van der Waals surface area contributed by atoms with E-state index < -0.39 is 32.8 Å². The highest BCUT2D eigenvalue weighted by Gasteiger charge is 2.36. The molecular weight excluding hydrogens is 245 g/mol. The van der Waals surface area contributed by atoms with Crippen molar-refractivity contribution in [1.29, 1.82) is 5.26 Å². The highest BCUT2D eigenvalue weighted by atomic mass is 32.1. The molecule has 0 amide bonds. The van der Waals surface area contributed by atoms with Crippen LogP contribution in [0.25, 0.3) is 0 Å². The van der Waals surface area contributed by atoms with Crippen LogP contribution in [-0.2, 0) is 6.18 Å². The molecule has 0 heterocycles. The van der Waals surface area contributed by atoms with Crippen molar-refractivity contribution in [3.63, 3.8) is 0 Å². The lowest BCUT2D eigenvalue weighted by molar-refractivity contribution is -0.387. The van der Waals surface area contributed by atoms with Gasteiger partial charge in [0.15, 0.2) is 0 Å². The minimum Gasteiger partial charge on any atom is -0.258 e. The first-order valence-electron chi connectivity index (χ1n) is 3.76. The van der Waals surface area contributed by atoms with E-state index in [1.165, 1.54) is 6.07 Å². The van der Waals surface area contributed by atoms with E-state index in [9.17, 15) is 23.3 Å². The smallest absolute Gasteiger partial charge is 0.258 e. The summed E-state index contributed by atoms with van der Waals surface area (Å²) in [5, 5.41) is 19.0. The molecule has 0 aromatic heterocycles. The van der Waals surface area contributed by atoms with Crippen LogP contribution in [0.15, 0.2) is 17.0 Å². The van der Waals surface area contributed by atoms with Crippen LogP contribution in [-0.4, -0.2) is 4.92 Å². The van der Waals surface area contributed by atoms with Crippen molar-refractivity contribution >= 4 is 18.3 Å². The third kappa shape index (κ3) is 2.09. The molecule has 0 aliphatic heterocycles. The van der Waals surface area contributed by atoms with Crippen molar-refractivity contribution in [2.24, 2.45) is 0 Å². The molecule has 1 aromatic rings. The van der Waals surface area contributed by atoms with Crippen molar-refractivity contribution in [2.45, 2.75) is 11.1 Å². The van der Waals surface area contributed by atoms with Crippen molar-refractivity contribution in [1.82, 2.24) is 0 Å². The van der Waals surface area contributed by atoms with Crippen molar-refractivity contribution in [2.75, 3.05) is 0 Å². The number of nitro groups is 1. The summed E-state index contributed by atoms with van der Waals surface area (Å²) in [6.45, 7) is 0. The quantitative estimate of drug-likeness (QED) is 0.472. The molecule has 16 heavy (non-hydrogen) atoms. The largest absolute Gasteiger partial charge is 0.417 e. The van der Waals surface area contributed by atoms with Gasteiger partial charge in [-0.1, -0.05) is 0 Å². The minimum atomic E-state index is -4.74. The van der Waals surface area contributed by atoms with E-state index in [1.54, 1.807) is 0 Å². The van der Waals surface area contributed by atoms with Crippen LogP contribution in [0.1, 0.15) is 11.1 Å². The highest BCUT2D eigenvalue weighted by molar-refractivity contribution is 7.80. The van der Waals surface area contributed by atoms with Crippen LogP contribution in [0.4, 0.5) is 18.9 Å². The molecule has 0 bridgehead atoms. The van der Waals surface area contributed by atoms with Gasteiger partial charge in [0.05, 0.1) is 16.1 Å². The third-order valence-electron chi connectivity index (χ3n) is 1.77. The fourth-order valence-corrected chi connectivity index (χ4v) is 1.40. The Labute approximate surface area is 92.9 Å². The Morgan fingerprint density at radius 1 is 1.44 bits per heavy atom. The summed E-state index contributed by atoms with van der Waals surface area (Å²) >= 11 is 3.57. The first-order valence-corrected chi connectivity index (χ1v) is 4.21. The van der Waals surface area contributed by atoms with Gasteiger partial charge in [-0.2, -0.15) is 18.4 Å². The van der Waals surface area contributed by atoms with Crippen LogP contribution in [0.3, 0.4) is 0 Å². The molecule has 0 atom stereocenters. The summed E-state index contributed by atoms with van der Waals surface area (Å²) < 4.78 is 37.2. The van der Waals surface area contributed by atoms with E-state index in [-0.39, 0.29) is 0 Å². The summed E-state index contributed by atoms with van der Waals surface area (Å²) in [5.41, 5.74) is -2.71. The Hall–Kier alpha value is -1.75. The lowest BCUT2D eigenvalue weighted by Gasteiger charge is -2.09. The average Bonchev–Trinajstić information content (AvgIpc) is 2.15. The highest BCUT2D eigenvalue weighted by Crippen LogP contribution is 2.37. The Morgan fingerprint density at radius 3 is 2.38 bits per heavy atom. The zero-order chi connectivity index (χ0) is 12.5. The van der Waals surface area contributed by atoms with E-state index in [1.807, 2.05) is 0 Å². The Kier molecular flexibility index (Phi) is 3.09. The van der Waals surface area contributed by atoms with Gasteiger partial charge < -0.3 is 0 Å². The predicted molar refractivity (Wildman–Crippen MR) is 50.1 cm³/mol. The zero-order valence-corrected chi connectivity index (χ0v) is 8.34. The van der Waals surface area contributed by atoms with Crippen LogP contribution in [0.5, 0.6) is 0 Å². The zero-order valence-electron chi connectivity index (χ0n) is 7.45. The number of rotatable bonds is 1. The van der Waals surface area contributed by atoms with Gasteiger partial charge in [0.1, 0.15) is 11.0 Å². The molecule has 0 spiro atoms. The molecule has 0 N–H and O–H groups in total. The molecule has 0 aliphatic rings. The molecule has 0 saturated heterocycles. The van der Waals surface area contributed by atoms with Crippen molar-refractivity contribution < 1.29 is 18.1 Å². The number of alkyl halides is 3. The second kappa shape index (κ2) is 4.02. The molecule has 0 unspecified atom stereocenters. The van der Waals surface area contributed by atoms with E-state index in [0.29, 0.717) is 12.1 Å². The molecule has 84 valence electrons. The maximum Gasteiger partial charge on any atom is 0.417 e. The van der Waals surface area contributed by atoms with Gasteiger partial charge in [-0.15, -0.1) is 12.6 Å². The fraction of sp³-hybridized carbons (Fsp3) is 0.125. The van der Waals surface area contributed by atoms with E-state index in [2.05, 4.69) is 12.6 Å². The number of thiol groups is 1. The summed E-state index contributed by atoms with van der Waals surface area (Å²) in [6, 6.07) is 2.43. The monoisotopic (exact) mass is 248 g/mol. The molecule has 0 aliphatic carbocycles. The van der Waals surface area contributed by atoms with Crippen LogP contribution in [0.2, 0.25) is 0 Å². The first-order chi connectivity index (χ1) is 7.29. The summed E-state index contributed by atoms with van der Waals surface area (Å²) in [7, 11) is 0. The molecule has 0 saturated carbocycles. The normalized spacial score (nSPS) is 10.9. The third-order valence-corrected chi connectivity index (χ3v) is 2.22. The number of hydrogen-bond acceptors (Lipinski definition) is 4. The maximum atomic E-state index is 12.4. The van der Waals surface area contributed by atoms with Gasteiger partial charge in [0, 0.05) is 6.07 Å². The fourth-order valence-electron chi connectivity index (χ4n) is 1.08. The maximum absolute atomic E-state index is 12.4. The van der Waals surface area contributed by atoms with Crippen molar-refractivity contribution in [3.05, 3.63) is 33.4 Å². The number of nitriles is 1. The average molecular weight is 248 g/mol. The SMILES string of the molecule is N#Cc1c(C(F)(F)F)ccc([N+](=O)[O-])c1S. The van der Waals surface area contributed by atoms with Gasteiger partial charge in [-0.05, 0) is 6.07 Å². The summed E-state index contributed by atoms with van der Waals surface area (Å²) in [4.78, 5) is 8.94. The van der Waals surface area contributed by atoms with Crippen molar-refractivity contribution in [3.8, 4) is 6.07 Å². The van der Waals surface area contributed by atoms with Gasteiger partial charge in [-0.3, -0.25) is 10.1 Å². The summed E-state index contributed by atoms with van der Waals surface area (Å²) in [6.07, 6.45) is -4.74. The molecule has 1 aromatic carbocycles. The molecule has 0 radical (unpaired) electrons. The molecule has 4 nitrogen and oxygen atoms in total. The van der Waals surface area contributed by atoms with Crippen LogP contribution >= 0.6 is 12.6 Å². The lowest BCUT2D eigenvalue weighted by Crippen LogP contribution is -2.09. The first kappa shape index (κ1) is 12.3. The number of benzene rings is 1. The van der Waals surface area contributed by atoms with Crippen LogP contribution in [0, 0.1) is 21.4 Å². The van der Waals surface area contributed by atoms with E-state index in [4.69, 9.17) is 5.26 Å². The second-order valence-corrected chi connectivity index (χ2v) is 3.17. The predicted octanol–water partition coefficient (Wildman–Crippen LogP) is 2.77. The Bertz CT molecular complexity index is 493. The van der Waals surface area contributed by atoms with Gasteiger partial charge in [-0.25, -0.2) is 0 Å². The minimum absolute atomic E-state index is 0.496. The topological polar surface area (TPSA) is 66.9 Å². The standard InChI is InChI=1S/C8H3F3N2O2S/c9-8(10,11)5-1-2-6(13(14)15)7(16)4(5)3-12/h1-2,16H. The lowest BCUT2D eigenvalue weighted by atomic mass is 10.1. The molecule has 8 heteroatoms. The van der Waals surface area contributed by atoms with Gasteiger partial charge >= 0.3 is 6.18 Å². The number of hydrogen-bond donors (Lipinski definition) is 1. The molecule has 0 fully saturated rings. The number of nitrogens with zero attached hydrogens (tertiary/aromatic N) is 2. The van der Waals surface area contributed by atoms with Gasteiger partial charge in [0.25, 0.3) is 5.69 Å². The van der Waals surface area contributed by atoms with Gasteiger partial charge in [0.2, 0.25) is 0 Å². The Morgan fingerprint density at radius 2 is 2.00 bits per heavy atom. The number of nitro benzene ring substituents is 1. The van der Waals surface area contributed by atoms with E-state index in [0.717, 1.165) is 0 Å².